The van der Waals surface area contributed by atoms with Crippen molar-refractivity contribution in [3.8, 4) is 0 Å². The minimum absolute atomic E-state index is 0.108. The predicted molar refractivity (Wildman–Crippen MR) is 183 cm³/mol. The number of Topliss-reactive ketones (excluding diaryl/α,β-unsaturated/α-hetero) is 1. The minimum atomic E-state index is -3.22. The maximum Gasteiger partial charge on any atom is 0.334 e. The molecule has 7 heteroatoms. The quantitative estimate of drug-likeness (QED) is 0.191. The molecule has 242 valence electrons. The van der Waals surface area contributed by atoms with Crippen molar-refractivity contribution in [2.45, 2.75) is 92.4 Å². The normalized spacial score (nSPS) is 21.6. The highest BCUT2D eigenvalue weighted by atomic mass is 28.4. The highest BCUT2D eigenvalue weighted by Gasteiger charge is 2.54. The van der Waals surface area contributed by atoms with Gasteiger partial charge in [-0.3, -0.25) is 9.59 Å². The Balaban J connectivity index is 2.42. The van der Waals surface area contributed by atoms with E-state index >= 15 is 0 Å². The number of ether oxygens (including phenoxy) is 1. The Hall–Kier alpha value is -3.55. The molecular weight excluding hydrogens is 580 g/mol. The average molecular weight is 631 g/mol. The minimum Gasteiger partial charge on any atom is -0.481 e. The van der Waals surface area contributed by atoms with Crippen LogP contribution in [0.25, 0.3) is 0 Å². The third kappa shape index (κ3) is 8.00. The Morgan fingerprint density at radius 1 is 0.978 bits per heavy atom. The van der Waals surface area contributed by atoms with Crippen LogP contribution in [0.15, 0.2) is 95.6 Å². The number of benzene rings is 2. The van der Waals surface area contributed by atoms with Gasteiger partial charge in [-0.1, -0.05) is 114 Å². The summed E-state index contributed by atoms with van der Waals surface area (Å²) in [5, 5.41) is 12.3. The number of aliphatic carboxylic acids is 1. The van der Waals surface area contributed by atoms with Crippen LogP contribution in [0.1, 0.15) is 75.2 Å². The monoisotopic (exact) mass is 630 g/mol. The lowest BCUT2D eigenvalue weighted by Gasteiger charge is -2.47. The Morgan fingerprint density at radius 3 is 1.96 bits per heavy atom. The molecule has 0 aliphatic carbocycles. The van der Waals surface area contributed by atoms with Gasteiger partial charge in [-0.25, -0.2) is 4.79 Å². The van der Waals surface area contributed by atoms with Gasteiger partial charge >= 0.3 is 11.9 Å². The number of esters is 1. The van der Waals surface area contributed by atoms with Gasteiger partial charge < -0.3 is 14.3 Å². The summed E-state index contributed by atoms with van der Waals surface area (Å²) in [7, 11) is -3.22. The molecule has 1 N–H and O–H groups in total. The summed E-state index contributed by atoms with van der Waals surface area (Å²) in [5.41, 5.74) is 1.97. The highest BCUT2D eigenvalue weighted by Crippen LogP contribution is 2.42. The molecule has 1 unspecified atom stereocenters. The molecule has 0 saturated carbocycles. The summed E-state index contributed by atoms with van der Waals surface area (Å²) in [4.78, 5) is 40.3. The van der Waals surface area contributed by atoms with Crippen molar-refractivity contribution in [2.75, 3.05) is 0 Å². The second-order valence-corrected chi connectivity index (χ2v) is 17.8. The molecule has 2 aromatic carbocycles. The van der Waals surface area contributed by atoms with Gasteiger partial charge in [-0.05, 0) is 60.2 Å². The summed E-state index contributed by atoms with van der Waals surface area (Å²) in [5.74, 6) is -4.17. The molecule has 6 nitrogen and oxygen atoms in total. The molecule has 45 heavy (non-hydrogen) atoms. The molecule has 0 fully saturated rings. The number of carboxylic acids is 1. The maximum absolute atomic E-state index is 14.4. The van der Waals surface area contributed by atoms with E-state index in [1.165, 1.54) is 0 Å². The largest absolute Gasteiger partial charge is 0.481 e. The number of carboxylic acid groups (broad SMARTS) is 1. The first-order valence-electron chi connectivity index (χ1n) is 15.9. The molecule has 0 bridgehead atoms. The van der Waals surface area contributed by atoms with Crippen LogP contribution in [-0.4, -0.2) is 43.4 Å². The summed E-state index contributed by atoms with van der Waals surface area (Å²) in [6, 6.07) is 20.3. The van der Waals surface area contributed by atoms with Crippen LogP contribution in [0.4, 0.5) is 0 Å². The molecule has 0 saturated heterocycles. The van der Waals surface area contributed by atoms with Crippen LogP contribution in [-0.2, 0) is 23.5 Å². The molecule has 0 spiro atoms. The van der Waals surface area contributed by atoms with E-state index in [-0.39, 0.29) is 18.1 Å². The number of ketones is 1. The molecule has 4 atom stereocenters. The van der Waals surface area contributed by atoms with E-state index in [0.29, 0.717) is 12.0 Å². The number of hydrogen-bond donors (Lipinski definition) is 1. The fraction of sp³-hybridized carbons (Fsp3) is 0.447. The van der Waals surface area contributed by atoms with E-state index in [4.69, 9.17) is 9.16 Å². The number of rotatable bonds is 8. The van der Waals surface area contributed by atoms with Crippen molar-refractivity contribution in [1.82, 2.24) is 0 Å². The Bertz CT molecular complexity index is 1390. The van der Waals surface area contributed by atoms with E-state index in [1.54, 1.807) is 13.0 Å². The summed E-state index contributed by atoms with van der Waals surface area (Å²) in [6.45, 7) is 17.5. The van der Waals surface area contributed by atoms with Gasteiger partial charge in [0.1, 0.15) is 11.9 Å². The molecule has 0 aromatic heterocycles. The van der Waals surface area contributed by atoms with Gasteiger partial charge in [0.25, 0.3) is 8.32 Å². The molecule has 0 amide bonds. The van der Waals surface area contributed by atoms with Crippen molar-refractivity contribution >= 4 is 36.4 Å². The average Bonchev–Trinajstić information content (AvgIpc) is 3.00. The Labute approximate surface area is 270 Å². The molecule has 1 aliphatic rings. The zero-order valence-corrected chi connectivity index (χ0v) is 29.3. The van der Waals surface area contributed by atoms with Crippen molar-refractivity contribution < 1.29 is 28.7 Å². The Kier molecular flexibility index (Phi) is 12.1. The van der Waals surface area contributed by atoms with Crippen molar-refractivity contribution in [1.29, 1.82) is 0 Å². The SMILES string of the molecule is CC=C(C)[C@H]1CC=C(C)[C@H](O[Si](c2ccccc2)(c2ccccc2)C(C)(C)C)[C@H](C(C(=O)O)C(C)C)C(=O)CC=C(C)C(=O)O1. The zero-order chi connectivity index (χ0) is 33.5. The number of allylic oxidation sites excluding steroid dienone is 2. The molecule has 2 aromatic rings. The van der Waals surface area contributed by atoms with Gasteiger partial charge in [-0.2, -0.15) is 0 Å². The van der Waals surface area contributed by atoms with Crippen LogP contribution in [0.3, 0.4) is 0 Å². The second kappa shape index (κ2) is 15.2. The van der Waals surface area contributed by atoms with Crippen molar-refractivity contribution in [3.05, 3.63) is 95.6 Å². The fourth-order valence-corrected chi connectivity index (χ4v) is 11.1. The van der Waals surface area contributed by atoms with E-state index in [0.717, 1.165) is 21.5 Å². The van der Waals surface area contributed by atoms with Crippen LogP contribution in [0, 0.1) is 17.8 Å². The molecule has 1 aliphatic heterocycles. The first-order valence-corrected chi connectivity index (χ1v) is 17.8. The Morgan fingerprint density at radius 2 is 1.51 bits per heavy atom. The van der Waals surface area contributed by atoms with Crippen molar-refractivity contribution in [3.63, 3.8) is 0 Å². The molecule has 3 rings (SSSR count). The number of carbonyl (C=O) groups excluding carboxylic acids is 2. The van der Waals surface area contributed by atoms with Gasteiger partial charge in [0.05, 0.1) is 17.9 Å². The number of hydrogen-bond acceptors (Lipinski definition) is 5. The standard InChI is InChI=1S/C38H50O6Si/c1-10-26(4)32-24-22-27(5)35(34(33(25(2)3)36(40)41)31(39)23-21-28(6)37(42)43-32)44-45(38(7,8)9,29-17-13-11-14-18-29)30-19-15-12-16-20-30/h10-22,25,32-35H,23-24H2,1-9H3,(H,40,41)/t32-,33?,34+,35+/m1/s1. The van der Waals surface area contributed by atoms with E-state index in [2.05, 4.69) is 45.0 Å². The molecular formula is C38H50O6Si. The summed E-state index contributed by atoms with van der Waals surface area (Å²) < 4.78 is 13.5. The van der Waals surface area contributed by atoms with Crippen LogP contribution in [0.2, 0.25) is 5.04 Å². The van der Waals surface area contributed by atoms with Gasteiger partial charge in [0.2, 0.25) is 0 Å². The van der Waals surface area contributed by atoms with E-state index < -0.39 is 49.3 Å². The maximum atomic E-state index is 14.4. The topological polar surface area (TPSA) is 89.9 Å². The summed E-state index contributed by atoms with van der Waals surface area (Å²) >= 11 is 0. The third-order valence-electron chi connectivity index (χ3n) is 9.06. The summed E-state index contributed by atoms with van der Waals surface area (Å²) in [6.07, 6.45) is 4.36. The van der Waals surface area contributed by atoms with Crippen LogP contribution in [0.5, 0.6) is 0 Å². The second-order valence-electron chi connectivity index (χ2n) is 13.5. The van der Waals surface area contributed by atoms with Gasteiger partial charge in [0.15, 0.2) is 0 Å². The van der Waals surface area contributed by atoms with E-state index in [9.17, 15) is 19.5 Å². The zero-order valence-electron chi connectivity index (χ0n) is 28.3. The molecule has 1 heterocycles. The number of cyclic esters (lactones) is 1. The third-order valence-corrected chi connectivity index (χ3v) is 14.1. The lowest BCUT2D eigenvalue weighted by Crippen LogP contribution is -2.68. The van der Waals surface area contributed by atoms with Crippen molar-refractivity contribution in [2.24, 2.45) is 17.8 Å². The van der Waals surface area contributed by atoms with Crippen LogP contribution >= 0.6 is 0 Å². The lowest BCUT2D eigenvalue weighted by atomic mass is 9.75. The smallest absolute Gasteiger partial charge is 0.334 e. The van der Waals surface area contributed by atoms with E-state index in [1.807, 2.05) is 83.2 Å². The first kappa shape index (κ1) is 35.9. The van der Waals surface area contributed by atoms with Gasteiger partial charge in [0, 0.05) is 18.4 Å². The predicted octanol–water partition coefficient (Wildman–Crippen LogP) is 7.04. The molecule has 0 radical (unpaired) electrons. The van der Waals surface area contributed by atoms with Gasteiger partial charge in [-0.15, -0.1) is 0 Å². The number of carbonyl (C=O) groups is 3. The van der Waals surface area contributed by atoms with Crippen LogP contribution < -0.4 is 10.4 Å². The first-order chi connectivity index (χ1) is 21.1. The highest BCUT2D eigenvalue weighted by molar-refractivity contribution is 6.99. The fourth-order valence-electron chi connectivity index (χ4n) is 6.36. The lowest BCUT2D eigenvalue weighted by molar-refractivity contribution is -0.151.